The van der Waals surface area contributed by atoms with Gasteiger partial charge in [0.1, 0.15) is 0 Å². The molecule has 0 N–H and O–H groups in total. The van der Waals surface area contributed by atoms with Crippen LogP contribution in [0.3, 0.4) is 0 Å². The zero-order chi connectivity index (χ0) is 23.5. The Morgan fingerprint density at radius 3 is 2.09 bits per heavy atom. The van der Waals surface area contributed by atoms with Crippen LogP contribution < -0.4 is 4.74 Å². The highest BCUT2D eigenvalue weighted by Crippen LogP contribution is 2.27. The van der Waals surface area contributed by atoms with Crippen LogP contribution in [-0.4, -0.2) is 21.6 Å². The summed E-state index contributed by atoms with van der Waals surface area (Å²) in [5.74, 6) is -0.590. The first-order valence-corrected chi connectivity index (χ1v) is 12.0. The Morgan fingerprint density at radius 1 is 0.697 bits per heavy atom. The number of hydrogen-bond acceptors (Lipinski definition) is 4. The Kier molecular flexibility index (Phi) is 9.73. The Morgan fingerprint density at radius 2 is 1.39 bits per heavy atom. The highest BCUT2D eigenvalue weighted by atomic mass is 19.2. The standard InChI is InChI=1S/C27H33F2N3O/c1-3-5-7-8-9-10-11-20-12-14-23(26(29)25(20)28)22-18-31-27(32-19-22)21-13-15-24(30-17-21)33-16-6-4-2/h12-15,17-19H,3-11,16H2,1-2H3. The first-order valence-electron chi connectivity index (χ1n) is 12.0. The van der Waals surface area contributed by atoms with Gasteiger partial charge < -0.3 is 4.74 Å². The summed E-state index contributed by atoms with van der Waals surface area (Å²) in [6.45, 7) is 4.91. The number of hydrogen-bond donors (Lipinski definition) is 0. The minimum absolute atomic E-state index is 0.170. The first kappa shape index (κ1) is 24.7. The molecule has 0 amide bonds. The lowest BCUT2D eigenvalue weighted by molar-refractivity contribution is 0.298. The third-order valence-corrected chi connectivity index (χ3v) is 5.67. The van der Waals surface area contributed by atoms with E-state index in [4.69, 9.17) is 4.74 Å². The van der Waals surface area contributed by atoms with Crippen LogP contribution >= 0.6 is 0 Å². The summed E-state index contributed by atoms with van der Waals surface area (Å²) in [7, 11) is 0. The minimum atomic E-state index is -0.843. The highest BCUT2D eigenvalue weighted by Gasteiger charge is 2.15. The summed E-state index contributed by atoms with van der Waals surface area (Å²) in [5, 5.41) is 0. The summed E-state index contributed by atoms with van der Waals surface area (Å²) < 4.78 is 35.0. The van der Waals surface area contributed by atoms with Crippen molar-refractivity contribution in [2.45, 2.75) is 71.6 Å². The van der Waals surface area contributed by atoms with Crippen molar-refractivity contribution in [1.29, 1.82) is 0 Å². The summed E-state index contributed by atoms with van der Waals surface area (Å²) >= 11 is 0. The van der Waals surface area contributed by atoms with E-state index in [1.165, 1.54) is 31.7 Å². The third-order valence-electron chi connectivity index (χ3n) is 5.67. The van der Waals surface area contributed by atoms with Crippen molar-refractivity contribution in [3.63, 3.8) is 0 Å². The Hall–Kier alpha value is -2.89. The second kappa shape index (κ2) is 13.0. The number of unbranched alkanes of at least 4 members (excludes halogenated alkanes) is 6. The summed E-state index contributed by atoms with van der Waals surface area (Å²) in [6, 6.07) is 6.91. The molecule has 0 aliphatic carbocycles. The molecule has 0 saturated heterocycles. The van der Waals surface area contributed by atoms with Crippen molar-refractivity contribution >= 4 is 0 Å². The average molecular weight is 454 g/mol. The van der Waals surface area contributed by atoms with Crippen LogP contribution in [0.4, 0.5) is 8.78 Å². The van der Waals surface area contributed by atoms with E-state index in [-0.39, 0.29) is 5.56 Å². The number of nitrogens with zero attached hydrogens (tertiary/aromatic N) is 3. The van der Waals surface area contributed by atoms with E-state index in [0.717, 1.165) is 37.7 Å². The average Bonchev–Trinajstić information content (AvgIpc) is 2.85. The van der Waals surface area contributed by atoms with Crippen LogP contribution in [0.15, 0.2) is 42.9 Å². The minimum Gasteiger partial charge on any atom is -0.478 e. The molecule has 6 heteroatoms. The summed E-state index contributed by atoms with van der Waals surface area (Å²) in [5.41, 5.74) is 1.76. The van der Waals surface area contributed by atoms with Gasteiger partial charge in [0.25, 0.3) is 0 Å². The molecule has 3 aromatic rings. The van der Waals surface area contributed by atoms with Crippen LogP contribution in [0, 0.1) is 11.6 Å². The molecule has 2 heterocycles. The van der Waals surface area contributed by atoms with E-state index in [1.807, 2.05) is 6.07 Å². The van der Waals surface area contributed by atoms with Crippen molar-refractivity contribution in [3.8, 4) is 28.4 Å². The van der Waals surface area contributed by atoms with Gasteiger partial charge in [-0.05, 0) is 30.9 Å². The van der Waals surface area contributed by atoms with E-state index < -0.39 is 11.6 Å². The predicted octanol–water partition coefficient (Wildman–Crippen LogP) is 7.57. The van der Waals surface area contributed by atoms with Crippen LogP contribution in [-0.2, 0) is 6.42 Å². The van der Waals surface area contributed by atoms with Gasteiger partial charge in [0.15, 0.2) is 17.5 Å². The molecular weight excluding hydrogens is 420 g/mol. The monoisotopic (exact) mass is 453 g/mol. The Labute approximate surface area is 195 Å². The van der Waals surface area contributed by atoms with Gasteiger partial charge in [0.05, 0.1) is 6.61 Å². The SMILES string of the molecule is CCCCCCCCc1ccc(-c2cnc(-c3ccc(OCCCC)nc3)nc2)c(F)c1F. The van der Waals surface area contributed by atoms with Crippen molar-refractivity contribution in [3.05, 3.63) is 60.1 Å². The molecular formula is C27H33F2N3O. The fraction of sp³-hybridized carbons (Fsp3) is 0.444. The smallest absolute Gasteiger partial charge is 0.213 e. The van der Waals surface area contributed by atoms with Gasteiger partial charge in [-0.2, -0.15) is 0 Å². The molecule has 0 aliphatic rings. The zero-order valence-electron chi connectivity index (χ0n) is 19.6. The van der Waals surface area contributed by atoms with Crippen molar-refractivity contribution in [2.24, 2.45) is 0 Å². The number of halogens is 2. The fourth-order valence-electron chi connectivity index (χ4n) is 3.64. The molecule has 0 spiro atoms. The van der Waals surface area contributed by atoms with E-state index in [1.54, 1.807) is 24.4 Å². The number of pyridine rings is 1. The van der Waals surface area contributed by atoms with Gasteiger partial charge >= 0.3 is 0 Å². The van der Waals surface area contributed by atoms with E-state index in [0.29, 0.717) is 35.9 Å². The van der Waals surface area contributed by atoms with Crippen LogP contribution in [0.5, 0.6) is 5.88 Å². The lowest BCUT2D eigenvalue weighted by Crippen LogP contribution is -1.99. The molecule has 0 atom stereocenters. The summed E-state index contributed by atoms with van der Waals surface area (Å²) in [6.07, 6.45) is 13.9. The second-order valence-corrected chi connectivity index (χ2v) is 8.30. The molecule has 0 radical (unpaired) electrons. The molecule has 2 aromatic heterocycles. The Bertz CT molecular complexity index is 991. The van der Waals surface area contributed by atoms with Gasteiger partial charge in [-0.1, -0.05) is 64.5 Å². The molecule has 176 valence electrons. The highest BCUT2D eigenvalue weighted by molar-refractivity contribution is 5.64. The number of aromatic nitrogens is 3. The van der Waals surface area contributed by atoms with E-state index in [2.05, 4.69) is 28.8 Å². The van der Waals surface area contributed by atoms with E-state index >= 15 is 0 Å². The number of rotatable bonds is 13. The molecule has 0 saturated carbocycles. The maximum Gasteiger partial charge on any atom is 0.213 e. The van der Waals surface area contributed by atoms with E-state index in [9.17, 15) is 8.78 Å². The Balaban J connectivity index is 1.63. The molecule has 0 aliphatic heterocycles. The molecule has 0 unspecified atom stereocenters. The lowest BCUT2D eigenvalue weighted by atomic mass is 10.0. The van der Waals surface area contributed by atoms with Crippen LogP contribution in [0.2, 0.25) is 0 Å². The van der Waals surface area contributed by atoms with Gasteiger partial charge in [0.2, 0.25) is 5.88 Å². The van der Waals surface area contributed by atoms with Crippen LogP contribution in [0.25, 0.3) is 22.5 Å². The maximum atomic E-state index is 14.8. The molecule has 33 heavy (non-hydrogen) atoms. The second-order valence-electron chi connectivity index (χ2n) is 8.30. The molecule has 4 nitrogen and oxygen atoms in total. The van der Waals surface area contributed by atoms with Gasteiger partial charge in [-0.15, -0.1) is 0 Å². The molecule has 0 bridgehead atoms. The zero-order valence-corrected chi connectivity index (χ0v) is 19.6. The third kappa shape index (κ3) is 7.04. The largest absolute Gasteiger partial charge is 0.478 e. The lowest BCUT2D eigenvalue weighted by Gasteiger charge is -2.09. The van der Waals surface area contributed by atoms with Crippen molar-refractivity contribution in [1.82, 2.24) is 15.0 Å². The van der Waals surface area contributed by atoms with Crippen molar-refractivity contribution < 1.29 is 13.5 Å². The van der Waals surface area contributed by atoms with Gasteiger partial charge in [-0.25, -0.2) is 23.7 Å². The number of ether oxygens (including phenoxy) is 1. The quantitative estimate of drug-likeness (QED) is 0.250. The molecule has 3 rings (SSSR count). The maximum absolute atomic E-state index is 14.8. The summed E-state index contributed by atoms with van der Waals surface area (Å²) in [4.78, 5) is 12.9. The van der Waals surface area contributed by atoms with Gasteiger partial charge in [0, 0.05) is 41.3 Å². The predicted molar refractivity (Wildman–Crippen MR) is 128 cm³/mol. The number of benzene rings is 1. The molecule has 1 aromatic carbocycles. The number of aryl methyl sites for hydroxylation is 1. The molecule has 0 fully saturated rings. The van der Waals surface area contributed by atoms with Crippen molar-refractivity contribution in [2.75, 3.05) is 6.61 Å². The normalized spacial score (nSPS) is 11.0. The van der Waals surface area contributed by atoms with Gasteiger partial charge in [-0.3, -0.25) is 0 Å². The topological polar surface area (TPSA) is 47.9 Å². The fourth-order valence-corrected chi connectivity index (χ4v) is 3.64. The first-order chi connectivity index (χ1) is 16.1. The van der Waals surface area contributed by atoms with Crippen LogP contribution in [0.1, 0.15) is 70.8 Å².